The highest BCUT2D eigenvalue weighted by molar-refractivity contribution is 5.88. The molecule has 0 fully saturated rings. The standard InChI is InChI=1S/C16H23N3O4/c1-16(2,3)13-10-14(18-23-13)17-15(20)19(7-9-21-4)11-12-6-5-8-22-12/h5-6,8,10H,7,9,11H2,1-4H3,(H,17,18,20). The number of urea groups is 1. The van der Waals surface area contributed by atoms with Crippen molar-refractivity contribution in [2.75, 3.05) is 25.6 Å². The number of methoxy groups -OCH3 is 1. The maximum atomic E-state index is 12.4. The second-order valence-corrected chi connectivity index (χ2v) is 6.25. The van der Waals surface area contributed by atoms with E-state index >= 15 is 0 Å². The lowest BCUT2D eigenvalue weighted by atomic mass is 9.93. The van der Waals surface area contributed by atoms with Gasteiger partial charge in [0.25, 0.3) is 0 Å². The summed E-state index contributed by atoms with van der Waals surface area (Å²) in [6.07, 6.45) is 1.58. The Bertz CT molecular complexity index is 614. The Hall–Kier alpha value is -2.28. The number of furan rings is 1. The molecule has 126 valence electrons. The van der Waals surface area contributed by atoms with Crippen LogP contribution in [0.25, 0.3) is 0 Å². The highest BCUT2D eigenvalue weighted by atomic mass is 16.5. The molecule has 0 spiro atoms. The molecule has 0 saturated carbocycles. The summed E-state index contributed by atoms with van der Waals surface area (Å²) in [5.41, 5.74) is -0.167. The zero-order valence-corrected chi connectivity index (χ0v) is 14.0. The molecule has 0 radical (unpaired) electrons. The van der Waals surface area contributed by atoms with Crippen molar-refractivity contribution in [3.63, 3.8) is 0 Å². The fourth-order valence-electron chi connectivity index (χ4n) is 1.92. The third kappa shape index (κ3) is 4.85. The maximum Gasteiger partial charge on any atom is 0.323 e. The Kier molecular flexibility index (Phi) is 5.44. The van der Waals surface area contributed by atoms with Gasteiger partial charge in [-0.05, 0) is 12.1 Å². The van der Waals surface area contributed by atoms with Crippen LogP contribution in [-0.2, 0) is 16.7 Å². The predicted octanol–water partition coefficient (Wildman–Crippen LogP) is 3.25. The Labute approximate surface area is 135 Å². The van der Waals surface area contributed by atoms with Crippen molar-refractivity contribution < 1.29 is 18.5 Å². The summed E-state index contributed by atoms with van der Waals surface area (Å²) in [5, 5.41) is 6.63. The summed E-state index contributed by atoms with van der Waals surface area (Å²) in [5.74, 6) is 1.80. The van der Waals surface area contributed by atoms with Crippen LogP contribution in [0.15, 0.2) is 33.4 Å². The van der Waals surface area contributed by atoms with Crippen molar-refractivity contribution in [1.82, 2.24) is 10.1 Å². The fraction of sp³-hybridized carbons (Fsp3) is 0.500. The molecule has 0 aliphatic carbocycles. The van der Waals surface area contributed by atoms with E-state index in [0.29, 0.717) is 37.0 Å². The van der Waals surface area contributed by atoms with Gasteiger partial charge in [-0.15, -0.1) is 0 Å². The predicted molar refractivity (Wildman–Crippen MR) is 85.2 cm³/mol. The molecule has 1 N–H and O–H groups in total. The molecule has 2 amide bonds. The number of rotatable bonds is 6. The topological polar surface area (TPSA) is 80.7 Å². The summed E-state index contributed by atoms with van der Waals surface area (Å²) < 4.78 is 15.6. The molecule has 0 aliphatic rings. The minimum absolute atomic E-state index is 0.167. The maximum absolute atomic E-state index is 12.4. The minimum Gasteiger partial charge on any atom is -0.467 e. The number of nitrogens with zero attached hydrogens (tertiary/aromatic N) is 2. The lowest BCUT2D eigenvalue weighted by molar-refractivity contribution is 0.149. The third-order valence-electron chi connectivity index (χ3n) is 3.26. The van der Waals surface area contributed by atoms with Crippen LogP contribution in [0.1, 0.15) is 32.3 Å². The van der Waals surface area contributed by atoms with Crippen molar-refractivity contribution in [1.29, 1.82) is 0 Å². The van der Waals surface area contributed by atoms with Crippen LogP contribution >= 0.6 is 0 Å². The average Bonchev–Trinajstić information content (AvgIpc) is 3.13. The van der Waals surface area contributed by atoms with E-state index in [2.05, 4.69) is 10.5 Å². The van der Waals surface area contributed by atoms with E-state index in [1.165, 1.54) is 0 Å². The number of aromatic nitrogens is 1. The number of carbonyl (C=O) groups excluding carboxylic acids is 1. The molecule has 2 aromatic heterocycles. The molecule has 0 aromatic carbocycles. The first-order chi connectivity index (χ1) is 10.9. The summed E-state index contributed by atoms with van der Waals surface area (Å²) >= 11 is 0. The number of ether oxygens (including phenoxy) is 1. The van der Waals surface area contributed by atoms with E-state index < -0.39 is 0 Å². The van der Waals surface area contributed by atoms with Gasteiger partial charge >= 0.3 is 6.03 Å². The van der Waals surface area contributed by atoms with Crippen LogP contribution in [0, 0.1) is 0 Å². The van der Waals surface area contributed by atoms with Crippen molar-refractivity contribution in [2.45, 2.75) is 32.7 Å². The lowest BCUT2D eigenvalue weighted by Crippen LogP contribution is -2.36. The number of hydrogen-bond acceptors (Lipinski definition) is 5. The zero-order chi connectivity index (χ0) is 16.9. The van der Waals surface area contributed by atoms with Crippen LogP contribution in [-0.4, -0.2) is 36.3 Å². The van der Waals surface area contributed by atoms with Gasteiger partial charge in [-0.25, -0.2) is 4.79 Å². The summed E-state index contributed by atoms with van der Waals surface area (Å²) in [7, 11) is 1.59. The van der Waals surface area contributed by atoms with E-state index in [9.17, 15) is 4.79 Å². The number of anilines is 1. The molecule has 2 aromatic rings. The van der Waals surface area contributed by atoms with Crippen LogP contribution in [0.3, 0.4) is 0 Å². The van der Waals surface area contributed by atoms with Crippen molar-refractivity contribution in [2.24, 2.45) is 0 Å². The van der Waals surface area contributed by atoms with E-state index in [1.54, 1.807) is 30.4 Å². The van der Waals surface area contributed by atoms with Crippen LogP contribution < -0.4 is 5.32 Å². The highest BCUT2D eigenvalue weighted by Crippen LogP contribution is 2.24. The van der Waals surface area contributed by atoms with E-state index in [0.717, 1.165) is 0 Å². The molecule has 0 aliphatic heterocycles. The largest absolute Gasteiger partial charge is 0.467 e. The minimum atomic E-state index is -0.285. The summed E-state index contributed by atoms with van der Waals surface area (Å²) in [6, 6.07) is 5.06. The molecule has 0 atom stereocenters. The van der Waals surface area contributed by atoms with Gasteiger partial charge < -0.3 is 18.6 Å². The van der Waals surface area contributed by atoms with Gasteiger partial charge in [-0.2, -0.15) is 0 Å². The molecule has 0 unspecified atom stereocenters. The van der Waals surface area contributed by atoms with Crippen LogP contribution in [0.4, 0.5) is 10.6 Å². The van der Waals surface area contributed by atoms with Gasteiger partial charge in [0.15, 0.2) is 5.82 Å². The van der Waals surface area contributed by atoms with Gasteiger partial charge in [-0.3, -0.25) is 5.32 Å². The van der Waals surface area contributed by atoms with E-state index in [1.807, 2.05) is 26.8 Å². The molecule has 23 heavy (non-hydrogen) atoms. The smallest absolute Gasteiger partial charge is 0.323 e. The Morgan fingerprint density at radius 1 is 1.43 bits per heavy atom. The van der Waals surface area contributed by atoms with Crippen molar-refractivity contribution in [3.05, 3.63) is 36.0 Å². The Balaban J connectivity index is 2.03. The normalized spacial score (nSPS) is 11.5. The molecule has 2 heterocycles. The molecule has 0 saturated heterocycles. The summed E-state index contributed by atoms with van der Waals surface area (Å²) in [6.45, 7) is 7.27. The fourth-order valence-corrected chi connectivity index (χ4v) is 1.92. The SMILES string of the molecule is COCCN(Cc1ccco1)C(=O)Nc1cc(C(C)(C)C)on1. The van der Waals surface area contributed by atoms with E-state index in [-0.39, 0.29) is 11.4 Å². The molecule has 7 heteroatoms. The van der Waals surface area contributed by atoms with Crippen LogP contribution in [0.5, 0.6) is 0 Å². The Morgan fingerprint density at radius 3 is 2.78 bits per heavy atom. The molecular formula is C16H23N3O4. The first-order valence-corrected chi connectivity index (χ1v) is 7.44. The first-order valence-electron chi connectivity index (χ1n) is 7.44. The number of amides is 2. The molecular weight excluding hydrogens is 298 g/mol. The average molecular weight is 321 g/mol. The van der Waals surface area contributed by atoms with Crippen molar-refractivity contribution >= 4 is 11.8 Å². The third-order valence-corrected chi connectivity index (χ3v) is 3.26. The molecule has 7 nitrogen and oxygen atoms in total. The monoisotopic (exact) mass is 321 g/mol. The van der Waals surface area contributed by atoms with E-state index in [4.69, 9.17) is 13.7 Å². The van der Waals surface area contributed by atoms with Crippen LogP contribution in [0.2, 0.25) is 0 Å². The number of hydrogen-bond donors (Lipinski definition) is 1. The molecule has 0 bridgehead atoms. The van der Waals surface area contributed by atoms with Gasteiger partial charge in [0, 0.05) is 25.1 Å². The van der Waals surface area contributed by atoms with Gasteiger partial charge in [0.1, 0.15) is 11.5 Å². The Morgan fingerprint density at radius 2 is 2.22 bits per heavy atom. The second kappa shape index (κ2) is 7.32. The first kappa shape index (κ1) is 17.1. The number of nitrogens with one attached hydrogen (secondary N) is 1. The van der Waals surface area contributed by atoms with Gasteiger partial charge in [0.05, 0.1) is 19.4 Å². The van der Waals surface area contributed by atoms with Gasteiger partial charge in [0.2, 0.25) is 0 Å². The quantitative estimate of drug-likeness (QED) is 0.883. The van der Waals surface area contributed by atoms with Crippen molar-refractivity contribution in [3.8, 4) is 0 Å². The highest BCUT2D eigenvalue weighted by Gasteiger charge is 2.22. The summed E-state index contributed by atoms with van der Waals surface area (Å²) in [4.78, 5) is 14.0. The second-order valence-electron chi connectivity index (χ2n) is 6.25. The zero-order valence-electron chi connectivity index (χ0n) is 14.0. The van der Waals surface area contributed by atoms with Gasteiger partial charge in [-0.1, -0.05) is 25.9 Å². The molecule has 2 rings (SSSR count). The lowest BCUT2D eigenvalue weighted by Gasteiger charge is -2.21. The number of carbonyl (C=O) groups is 1.